The predicted octanol–water partition coefficient (Wildman–Crippen LogP) is 0.0304. The maximum Gasteiger partial charge on any atom is 0.0701 e. The fourth-order valence-corrected chi connectivity index (χ4v) is 0.429. The van der Waals surface area contributed by atoms with Crippen molar-refractivity contribution in [1.82, 2.24) is 0 Å². The number of ether oxygens (including phenoxy) is 2. The molecule has 0 rings (SSSR count). The van der Waals surface area contributed by atoms with E-state index in [1.165, 1.54) is 0 Å². The summed E-state index contributed by atoms with van der Waals surface area (Å²) in [4.78, 5) is 0. The highest BCUT2D eigenvalue weighted by molar-refractivity contribution is 4.28. The van der Waals surface area contributed by atoms with Crippen LogP contribution in [0.3, 0.4) is 0 Å². The quantitative estimate of drug-likeness (QED) is 0.566. The van der Waals surface area contributed by atoms with Gasteiger partial charge in [-0.05, 0) is 13.8 Å². The van der Waals surface area contributed by atoms with Crippen LogP contribution in [0.1, 0.15) is 13.8 Å². The van der Waals surface area contributed by atoms with Gasteiger partial charge in [-0.1, -0.05) is 0 Å². The lowest BCUT2D eigenvalue weighted by Gasteiger charge is -2.00. The van der Waals surface area contributed by atoms with Gasteiger partial charge in [-0.25, -0.2) is 0 Å². The molecule has 0 bridgehead atoms. The van der Waals surface area contributed by atoms with E-state index in [2.05, 4.69) is 0 Å². The van der Waals surface area contributed by atoms with Crippen molar-refractivity contribution in [3.8, 4) is 0 Å². The summed E-state index contributed by atoms with van der Waals surface area (Å²) < 4.78 is 9.88. The number of hydrogen-bond donors (Lipinski definition) is 2. The first kappa shape index (κ1) is 14.4. The van der Waals surface area contributed by atoms with Crippen molar-refractivity contribution in [2.24, 2.45) is 0 Å². The first-order chi connectivity index (χ1) is 5.83. The number of aliphatic hydroxyl groups is 2. The number of aliphatic hydroxyl groups excluding tert-OH is 2. The monoisotopic (exact) mass is 180 g/mol. The lowest BCUT2D eigenvalue weighted by molar-refractivity contribution is 0.0370. The van der Waals surface area contributed by atoms with E-state index in [1.54, 1.807) is 6.92 Å². The van der Waals surface area contributed by atoms with Crippen molar-refractivity contribution in [3.05, 3.63) is 0 Å². The van der Waals surface area contributed by atoms with Crippen molar-refractivity contribution < 1.29 is 19.7 Å². The molecule has 4 heteroatoms. The molecule has 0 aromatic rings. The van der Waals surface area contributed by atoms with Gasteiger partial charge in [0.1, 0.15) is 0 Å². The highest BCUT2D eigenvalue weighted by Gasteiger charge is 1.84. The zero-order chi connectivity index (χ0) is 9.66. The molecule has 0 atom stereocenters. The molecule has 0 aliphatic heterocycles. The van der Waals surface area contributed by atoms with Crippen LogP contribution in [0.4, 0.5) is 0 Å². The van der Waals surface area contributed by atoms with Crippen LogP contribution in [-0.2, 0) is 9.47 Å². The molecule has 0 spiro atoms. The smallest absolute Gasteiger partial charge is 0.0701 e. The van der Waals surface area contributed by atoms with Crippen LogP contribution >= 0.6 is 0 Å². The zero-order valence-electron chi connectivity index (χ0n) is 7.95. The highest BCUT2D eigenvalue weighted by atomic mass is 16.5. The van der Waals surface area contributed by atoms with Gasteiger partial charge in [0, 0.05) is 13.2 Å². The Kier molecular flexibility index (Phi) is 20.4. The molecule has 0 heterocycles. The molecule has 0 saturated heterocycles. The van der Waals surface area contributed by atoms with Gasteiger partial charge >= 0.3 is 0 Å². The first-order valence-electron chi connectivity index (χ1n) is 4.20. The summed E-state index contributed by atoms with van der Waals surface area (Å²) in [6.07, 6.45) is 0. The van der Waals surface area contributed by atoms with Crippen molar-refractivity contribution in [2.75, 3.05) is 39.6 Å². The highest BCUT2D eigenvalue weighted by Crippen LogP contribution is 1.76. The molecule has 0 aliphatic rings. The summed E-state index contributed by atoms with van der Waals surface area (Å²) in [5.41, 5.74) is 0. The molecule has 0 fully saturated rings. The fourth-order valence-electron chi connectivity index (χ4n) is 0.429. The molecule has 0 unspecified atom stereocenters. The van der Waals surface area contributed by atoms with E-state index >= 15 is 0 Å². The van der Waals surface area contributed by atoms with Gasteiger partial charge in [-0.3, -0.25) is 0 Å². The predicted molar refractivity (Wildman–Crippen MR) is 47.2 cm³/mol. The maximum atomic E-state index is 8.26. The Morgan fingerprint density at radius 3 is 1.83 bits per heavy atom. The molecule has 0 aromatic carbocycles. The lowest BCUT2D eigenvalue weighted by atomic mass is 10.7. The minimum atomic E-state index is 0.0894. The van der Waals surface area contributed by atoms with E-state index in [0.29, 0.717) is 19.8 Å². The largest absolute Gasteiger partial charge is 0.397 e. The van der Waals surface area contributed by atoms with Crippen LogP contribution in [0.2, 0.25) is 0 Å². The third kappa shape index (κ3) is 22.5. The minimum absolute atomic E-state index is 0.0894. The SMILES string of the molecule is CCO.CCOCCOCCO. The number of rotatable bonds is 6. The summed E-state index contributed by atoms with van der Waals surface area (Å²) >= 11 is 0. The molecular weight excluding hydrogens is 160 g/mol. The Hall–Kier alpha value is -0.160. The van der Waals surface area contributed by atoms with Gasteiger partial charge in [0.2, 0.25) is 0 Å². The van der Waals surface area contributed by atoms with Crippen LogP contribution in [0.25, 0.3) is 0 Å². The first-order valence-corrected chi connectivity index (χ1v) is 4.20. The van der Waals surface area contributed by atoms with Gasteiger partial charge < -0.3 is 19.7 Å². The van der Waals surface area contributed by atoms with E-state index in [1.807, 2.05) is 6.92 Å². The summed E-state index contributed by atoms with van der Waals surface area (Å²) in [6, 6.07) is 0. The molecule has 0 amide bonds. The number of hydrogen-bond acceptors (Lipinski definition) is 4. The lowest BCUT2D eigenvalue weighted by Crippen LogP contribution is -2.06. The molecule has 76 valence electrons. The Bertz CT molecular complexity index is 53.0. The van der Waals surface area contributed by atoms with Crippen molar-refractivity contribution in [2.45, 2.75) is 13.8 Å². The standard InChI is InChI=1S/C6H14O3.C2H6O/c1-2-8-5-6-9-4-3-7;1-2-3/h7H,2-6H2,1H3;3H,2H2,1H3. The topological polar surface area (TPSA) is 58.9 Å². The van der Waals surface area contributed by atoms with Crippen LogP contribution < -0.4 is 0 Å². The van der Waals surface area contributed by atoms with Crippen molar-refractivity contribution in [3.63, 3.8) is 0 Å². The van der Waals surface area contributed by atoms with Crippen LogP contribution in [0.15, 0.2) is 0 Å². The average Bonchev–Trinajstić information content (AvgIpc) is 2.06. The second kappa shape index (κ2) is 17.1. The maximum absolute atomic E-state index is 8.26. The molecule has 0 aliphatic carbocycles. The summed E-state index contributed by atoms with van der Waals surface area (Å²) in [5.74, 6) is 0. The molecule has 0 aromatic heterocycles. The van der Waals surface area contributed by atoms with Crippen LogP contribution in [0.5, 0.6) is 0 Å². The van der Waals surface area contributed by atoms with E-state index in [9.17, 15) is 0 Å². The minimum Gasteiger partial charge on any atom is -0.397 e. The Morgan fingerprint density at radius 1 is 0.917 bits per heavy atom. The Labute approximate surface area is 74.1 Å². The second-order valence-corrected chi connectivity index (χ2v) is 1.85. The zero-order valence-corrected chi connectivity index (χ0v) is 7.95. The average molecular weight is 180 g/mol. The normalized spacial score (nSPS) is 9.00. The summed E-state index contributed by atoms with van der Waals surface area (Å²) in [6.45, 7) is 6.29. The van der Waals surface area contributed by atoms with Gasteiger partial charge in [0.25, 0.3) is 0 Å². The Balaban J connectivity index is 0. The van der Waals surface area contributed by atoms with Gasteiger partial charge in [-0.2, -0.15) is 0 Å². The molecular formula is C8H20O4. The summed E-state index contributed by atoms with van der Waals surface area (Å²) in [7, 11) is 0. The van der Waals surface area contributed by atoms with Gasteiger partial charge in [-0.15, -0.1) is 0 Å². The molecule has 0 radical (unpaired) electrons. The van der Waals surface area contributed by atoms with Gasteiger partial charge in [0.15, 0.2) is 0 Å². The summed E-state index contributed by atoms with van der Waals surface area (Å²) in [5, 5.41) is 15.8. The third-order valence-electron chi connectivity index (χ3n) is 0.812. The third-order valence-corrected chi connectivity index (χ3v) is 0.812. The fraction of sp³-hybridized carbons (Fsp3) is 1.00. The van der Waals surface area contributed by atoms with Crippen molar-refractivity contribution in [1.29, 1.82) is 0 Å². The van der Waals surface area contributed by atoms with E-state index < -0.39 is 0 Å². The van der Waals surface area contributed by atoms with E-state index in [0.717, 1.165) is 6.61 Å². The van der Waals surface area contributed by atoms with Gasteiger partial charge in [0.05, 0.1) is 26.4 Å². The van der Waals surface area contributed by atoms with E-state index in [-0.39, 0.29) is 13.2 Å². The second-order valence-electron chi connectivity index (χ2n) is 1.85. The molecule has 0 saturated carbocycles. The molecule has 2 N–H and O–H groups in total. The van der Waals surface area contributed by atoms with Crippen molar-refractivity contribution >= 4 is 0 Å². The van der Waals surface area contributed by atoms with Crippen LogP contribution in [-0.4, -0.2) is 49.9 Å². The Morgan fingerprint density at radius 2 is 1.42 bits per heavy atom. The van der Waals surface area contributed by atoms with Crippen LogP contribution in [0, 0.1) is 0 Å². The molecule has 12 heavy (non-hydrogen) atoms. The van der Waals surface area contributed by atoms with E-state index in [4.69, 9.17) is 19.7 Å². The molecule has 4 nitrogen and oxygen atoms in total.